The van der Waals surface area contributed by atoms with Crippen LogP contribution in [0.25, 0.3) is 0 Å². The molecule has 1 amide bonds. The predicted molar refractivity (Wildman–Crippen MR) is 76.4 cm³/mol. The molecule has 1 aromatic heterocycles. The molecule has 1 N–H and O–H groups in total. The highest BCUT2D eigenvalue weighted by molar-refractivity contribution is 8.00. The van der Waals surface area contributed by atoms with E-state index < -0.39 is 0 Å². The first-order valence-corrected chi connectivity index (χ1v) is 6.90. The number of aromatic nitrogens is 1. The first-order valence-electron chi connectivity index (χ1n) is 6.02. The number of hydrogen-bond acceptors (Lipinski definition) is 4. The first-order chi connectivity index (χ1) is 9.06. The van der Waals surface area contributed by atoms with Crippen molar-refractivity contribution in [3.05, 3.63) is 41.7 Å². The van der Waals surface area contributed by atoms with Crippen LogP contribution >= 0.6 is 11.8 Å². The van der Waals surface area contributed by atoms with Crippen LogP contribution in [-0.4, -0.2) is 16.3 Å². The highest BCUT2D eigenvalue weighted by atomic mass is 32.2. The zero-order valence-electron chi connectivity index (χ0n) is 11.1. The van der Waals surface area contributed by atoms with Gasteiger partial charge in [0.1, 0.15) is 5.76 Å². The molecule has 0 aliphatic heterocycles. The van der Waals surface area contributed by atoms with Gasteiger partial charge in [-0.3, -0.25) is 4.79 Å². The van der Waals surface area contributed by atoms with E-state index in [1.807, 2.05) is 38.1 Å². The molecule has 2 aromatic rings. The number of benzene rings is 1. The van der Waals surface area contributed by atoms with Crippen LogP contribution in [0.4, 0.5) is 5.82 Å². The number of carbonyl (C=O) groups excluding carboxylic acids is 1. The Morgan fingerprint density at radius 2 is 2.11 bits per heavy atom. The van der Waals surface area contributed by atoms with E-state index in [0.717, 1.165) is 4.90 Å². The number of rotatable bonds is 4. The lowest BCUT2D eigenvalue weighted by Crippen LogP contribution is -2.22. The third-order valence-electron chi connectivity index (χ3n) is 2.65. The zero-order chi connectivity index (χ0) is 13.8. The molecule has 1 aromatic carbocycles. The number of nitrogens with zero attached hydrogens (tertiary/aromatic N) is 1. The number of aryl methyl sites for hydroxylation is 2. The number of anilines is 1. The molecule has 0 aliphatic rings. The van der Waals surface area contributed by atoms with Crippen molar-refractivity contribution in [2.24, 2.45) is 0 Å². The molecule has 1 atom stereocenters. The van der Waals surface area contributed by atoms with Crippen molar-refractivity contribution < 1.29 is 9.32 Å². The smallest absolute Gasteiger partial charge is 0.238 e. The predicted octanol–water partition coefficient (Wildman–Crippen LogP) is 3.41. The Hall–Kier alpha value is -1.75. The fourth-order valence-electron chi connectivity index (χ4n) is 1.59. The van der Waals surface area contributed by atoms with Crippen molar-refractivity contribution in [2.75, 3.05) is 5.32 Å². The Balaban J connectivity index is 1.98. The molecule has 0 saturated carbocycles. The summed E-state index contributed by atoms with van der Waals surface area (Å²) in [5, 5.41) is 6.29. The number of nitrogens with one attached hydrogen (secondary N) is 1. The molecule has 0 spiro atoms. The van der Waals surface area contributed by atoms with E-state index in [-0.39, 0.29) is 11.2 Å². The maximum Gasteiger partial charge on any atom is 0.238 e. The molecule has 4 nitrogen and oxygen atoms in total. The third-order valence-corrected chi connectivity index (χ3v) is 3.93. The molecule has 100 valence electrons. The minimum absolute atomic E-state index is 0.0819. The number of amides is 1. The Bertz CT molecular complexity index is 580. The lowest BCUT2D eigenvalue weighted by atomic mass is 10.2. The SMILES string of the molecule is Cc1cc(NC(=O)C(C)Sc2ccccc2C)no1. The third kappa shape index (κ3) is 3.61. The van der Waals surface area contributed by atoms with Gasteiger partial charge in [0, 0.05) is 11.0 Å². The zero-order valence-corrected chi connectivity index (χ0v) is 12.0. The van der Waals surface area contributed by atoms with Gasteiger partial charge < -0.3 is 9.84 Å². The van der Waals surface area contributed by atoms with Gasteiger partial charge in [0.15, 0.2) is 5.82 Å². The summed E-state index contributed by atoms with van der Waals surface area (Å²) < 4.78 is 4.91. The molecule has 0 saturated heterocycles. The summed E-state index contributed by atoms with van der Waals surface area (Å²) in [5.74, 6) is 1.05. The summed E-state index contributed by atoms with van der Waals surface area (Å²) in [4.78, 5) is 13.1. The molecule has 5 heteroatoms. The summed E-state index contributed by atoms with van der Waals surface area (Å²) >= 11 is 1.53. The quantitative estimate of drug-likeness (QED) is 0.869. The van der Waals surface area contributed by atoms with Crippen LogP contribution < -0.4 is 5.32 Å². The Kier molecular flexibility index (Phi) is 4.27. The number of hydrogen-bond donors (Lipinski definition) is 1. The molecule has 1 heterocycles. The van der Waals surface area contributed by atoms with Crippen molar-refractivity contribution in [1.82, 2.24) is 5.16 Å². The molecule has 19 heavy (non-hydrogen) atoms. The second kappa shape index (κ2) is 5.93. The van der Waals surface area contributed by atoms with Crippen LogP contribution in [0.5, 0.6) is 0 Å². The molecule has 1 unspecified atom stereocenters. The minimum Gasteiger partial charge on any atom is -0.360 e. The second-order valence-corrected chi connectivity index (χ2v) is 5.72. The summed E-state index contributed by atoms with van der Waals surface area (Å²) in [7, 11) is 0. The normalized spacial score (nSPS) is 12.2. The summed E-state index contributed by atoms with van der Waals surface area (Å²) in [6.45, 7) is 5.70. The van der Waals surface area contributed by atoms with Gasteiger partial charge in [0.2, 0.25) is 5.91 Å². The molecule has 2 rings (SSSR count). The lowest BCUT2D eigenvalue weighted by molar-refractivity contribution is -0.115. The molecular weight excluding hydrogens is 260 g/mol. The van der Waals surface area contributed by atoms with Gasteiger partial charge in [0.05, 0.1) is 5.25 Å². The van der Waals surface area contributed by atoms with Crippen LogP contribution in [0.2, 0.25) is 0 Å². The van der Waals surface area contributed by atoms with Gasteiger partial charge in [0.25, 0.3) is 0 Å². The number of thioether (sulfide) groups is 1. The fraction of sp³-hybridized carbons (Fsp3) is 0.286. The largest absolute Gasteiger partial charge is 0.360 e. The highest BCUT2D eigenvalue weighted by Gasteiger charge is 2.16. The number of carbonyl (C=O) groups is 1. The van der Waals surface area contributed by atoms with Gasteiger partial charge in [-0.15, -0.1) is 11.8 Å². The minimum atomic E-state index is -0.196. The van der Waals surface area contributed by atoms with Crippen LogP contribution in [-0.2, 0) is 4.79 Å². The molecule has 0 fully saturated rings. The fourth-order valence-corrected chi connectivity index (χ4v) is 2.54. The van der Waals surface area contributed by atoms with Gasteiger partial charge in [-0.25, -0.2) is 0 Å². The van der Waals surface area contributed by atoms with E-state index in [1.54, 1.807) is 13.0 Å². The average Bonchev–Trinajstić information content (AvgIpc) is 2.77. The van der Waals surface area contributed by atoms with E-state index >= 15 is 0 Å². The van der Waals surface area contributed by atoms with Gasteiger partial charge in [-0.05, 0) is 32.4 Å². The van der Waals surface area contributed by atoms with E-state index in [0.29, 0.717) is 11.6 Å². The van der Waals surface area contributed by atoms with Crippen LogP contribution in [0.1, 0.15) is 18.2 Å². The van der Waals surface area contributed by atoms with E-state index in [4.69, 9.17) is 4.52 Å². The highest BCUT2D eigenvalue weighted by Crippen LogP contribution is 2.26. The van der Waals surface area contributed by atoms with Crippen LogP contribution in [0.15, 0.2) is 39.8 Å². The van der Waals surface area contributed by atoms with Crippen molar-refractivity contribution in [3.63, 3.8) is 0 Å². The van der Waals surface area contributed by atoms with Crippen molar-refractivity contribution in [1.29, 1.82) is 0 Å². The summed E-state index contributed by atoms with van der Waals surface area (Å²) in [6, 6.07) is 9.71. The first kappa shape index (κ1) is 13.7. The molecule has 0 radical (unpaired) electrons. The topological polar surface area (TPSA) is 55.1 Å². The van der Waals surface area contributed by atoms with Crippen molar-refractivity contribution >= 4 is 23.5 Å². The maximum atomic E-state index is 12.0. The standard InChI is InChI=1S/C14H16N2O2S/c1-9-6-4-5-7-12(9)19-11(3)14(17)15-13-8-10(2)18-16-13/h4-8,11H,1-3H3,(H,15,16,17). The Morgan fingerprint density at radius 1 is 1.37 bits per heavy atom. The van der Waals surface area contributed by atoms with Crippen LogP contribution in [0.3, 0.4) is 0 Å². The van der Waals surface area contributed by atoms with Gasteiger partial charge >= 0.3 is 0 Å². The maximum absolute atomic E-state index is 12.0. The Morgan fingerprint density at radius 3 is 2.74 bits per heavy atom. The van der Waals surface area contributed by atoms with Gasteiger partial charge in [-0.2, -0.15) is 0 Å². The van der Waals surface area contributed by atoms with Crippen molar-refractivity contribution in [3.8, 4) is 0 Å². The summed E-state index contributed by atoms with van der Waals surface area (Å²) in [5.41, 5.74) is 1.17. The molecule has 0 bridgehead atoms. The molecule has 0 aliphatic carbocycles. The van der Waals surface area contributed by atoms with E-state index in [9.17, 15) is 4.79 Å². The van der Waals surface area contributed by atoms with E-state index in [1.165, 1.54) is 17.3 Å². The van der Waals surface area contributed by atoms with Crippen molar-refractivity contribution in [2.45, 2.75) is 30.9 Å². The molecular formula is C14H16N2O2S. The van der Waals surface area contributed by atoms with E-state index in [2.05, 4.69) is 10.5 Å². The Labute approximate surface area is 116 Å². The monoisotopic (exact) mass is 276 g/mol. The average molecular weight is 276 g/mol. The lowest BCUT2D eigenvalue weighted by Gasteiger charge is -2.11. The van der Waals surface area contributed by atoms with Gasteiger partial charge in [-0.1, -0.05) is 23.4 Å². The van der Waals surface area contributed by atoms with Crippen LogP contribution in [0, 0.1) is 13.8 Å². The second-order valence-electron chi connectivity index (χ2n) is 4.34. The summed E-state index contributed by atoms with van der Waals surface area (Å²) in [6.07, 6.45) is 0.